The monoisotopic (exact) mass is 481 g/mol. The molecule has 0 saturated carbocycles. The van der Waals surface area contributed by atoms with Gasteiger partial charge in [0.15, 0.2) is 12.4 Å². The molecular formula is C25H25ClFN5O2. The molecule has 2 aromatic heterocycles. The summed E-state index contributed by atoms with van der Waals surface area (Å²) in [4.78, 5) is 12.6. The number of nitrogens with zero attached hydrogens (tertiary/aromatic N) is 4. The molecule has 0 bridgehead atoms. The minimum Gasteiger partial charge on any atom is -0.471 e. The minimum atomic E-state index is -0.398. The number of amides is 1. The minimum absolute atomic E-state index is 0.0767. The van der Waals surface area contributed by atoms with Gasteiger partial charge in [-0.15, -0.1) is 0 Å². The van der Waals surface area contributed by atoms with E-state index < -0.39 is 5.82 Å². The molecule has 0 spiro atoms. The summed E-state index contributed by atoms with van der Waals surface area (Å²) in [5.41, 5.74) is 2.78. The van der Waals surface area contributed by atoms with Crippen molar-refractivity contribution in [1.82, 2.24) is 19.6 Å². The van der Waals surface area contributed by atoms with Crippen LogP contribution >= 0.6 is 11.6 Å². The van der Waals surface area contributed by atoms with Gasteiger partial charge >= 0.3 is 0 Å². The lowest BCUT2D eigenvalue weighted by Gasteiger charge is -2.19. The average Bonchev–Trinajstić information content (AvgIpc) is 3.43. The van der Waals surface area contributed by atoms with Crippen LogP contribution in [0, 0.1) is 5.82 Å². The Morgan fingerprint density at radius 3 is 2.59 bits per heavy atom. The summed E-state index contributed by atoms with van der Waals surface area (Å²) in [7, 11) is 0. The van der Waals surface area contributed by atoms with E-state index in [1.807, 2.05) is 24.3 Å². The number of aromatic nitrogens is 4. The van der Waals surface area contributed by atoms with Gasteiger partial charge in [0.2, 0.25) is 0 Å². The van der Waals surface area contributed by atoms with Gasteiger partial charge in [-0.25, -0.2) is 9.07 Å². The number of nitrogens with one attached hydrogen (secondary N) is 1. The zero-order valence-electron chi connectivity index (χ0n) is 19.1. The topological polar surface area (TPSA) is 74.0 Å². The molecule has 2 aromatic carbocycles. The molecule has 1 N–H and O–H groups in total. The third kappa shape index (κ3) is 5.82. The normalized spacial score (nSPS) is 11.4. The predicted octanol–water partition coefficient (Wildman–Crippen LogP) is 5.51. The van der Waals surface area contributed by atoms with Gasteiger partial charge in [0.1, 0.15) is 11.6 Å². The van der Waals surface area contributed by atoms with Crippen molar-refractivity contribution in [2.75, 3.05) is 5.32 Å². The van der Waals surface area contributed by atoms with E-state index in [4.69, 9.17) is 16.3 Å². The van der Waals surface area contributed by atoms with Gasteiger partial charge in [0, 0.05) is 17.4 Å². The molecule has 0 aliphatic heterocycles. The van der Waals surface area contributed by atoms with Crippen LogP contribution in [0.1, 0.15) is 42.4 Å². The number of carbonyl (C=O) groups excluding carboxylic acids is 1. The van der Waals surface area contributed by atoms with E-state index in [2.05, 4.69) is 36.3 Å². The summed E-state index contributed by atoms with van der Waals surface area (Å²) < 4.78 is 22.1. The Labute approximate surface area is 202 Å². The first-order valence-corrected chi connectivity index (χ1v) is 11.1. The van der Waals surface area contributed by atoms with Gasteiger partial charge in [0.05, 0.1) is 18.4 Å². The zero-order valence-corrected chi connectivity index (χ0v) is 19.9. The van der Waals surface area contributed by atoms with Gasteiger partial charge in [-0.05, 0) is 46.9 Å². The van der Waals surface area contributed by atoms with Crippen LogP contribution in [0.5, 0.6) is 5.75 Å². The highest BCUT2D eigenvalue weighted by Gasteiger charge is 2.14. The molecule has 1 amide bonds. The molecule has 7 nitrogen and oxygen atoms in total. The molecule has 176 valence electrons. The van der Waals surface area contributed by atoms with Crippen molar-refractivity contribution in [3.63, 3.8) is 0 Å². The van der Waals surface area contributed by atoms with E-state index >= 15 is 0 Å². The second-order valence-electron chi connectivity index (χ2n) is 8.90. The molecule has 0 aliphatic carbocycles. The quantitative estimate of drug-likeness (QED) is 0.378. The summed E-state index contributed by atoms with van der Waals surface area (Å²) in [6.45, 7) is 7.00. The van der Waals surface area contributed by atoms with E-state index in [0.717, 1.165) is 11.3 Å². The van der Waals surface area contributed by atoms with Crippen LogP contribution < -0.4 is 10.1 Å². The molecule has 0 aliphatic rings. The second-order valence-corrected chi connectivity index (χ2v) is 9.31. The van der Waals surface area contributed by atoms with E-state index in [0.29, 0.717) is 17.3 Å². The largest absolute Gasteiger partial charge is 0.471 e. The summed E-state index contributed by atoms with van der Waals surface area (Å²) in [5, 5.41) is 11.6. The van der Waals surface area contributed by atoms with Crippen molar-refractivity contribution >= 4 is 23.2 Å². The third-order valence-corrected chi connectivity index (χ3v) is 5.55. The smallest absolute Gasteiger partial charge is 0.276 e. The van der Waals surface area contributed by atoms with Gasteiger partial charge in [-0.3, -0.25) is 9.48 Å². The highest BCUT2D eigenvalue weighted by atomic mass is 35.5. The molecule has 4 rings (SSSR count). The first-order chi connectivity index (χ1) is 16.2. The number of benzene rings is 2. The standard InChI is InChI=1S/C25H25ClFN5O2/c1-25(2,3)18-5-8-21(9-6-18)34-16-31-11-10-23(30-31)24(33)29-20-13-28-32(15-20)14-17-4-7-19(27)12-22(17)26/h4-13,15H,14,16H2,1-3H3,(H,29,33). The predicted molar refractivity (Wildman–Crippen MR) is 129 cm³/mol. The van der Waals surface area contributed by atoms with Crippen molar-refractivity contribution in [2.45, 2.75) is 39.5 Å². The van der Waals surface area contributed by atoms with Crippen molar-refractivity contribution in [2.24, 2.45) is 0 Å². The lowest BCUT2D eigenvalue weighted by Crippen LogP contribution is -2.14. The molecule has 0 atom stereocenters. The Hall–Kier alpha value is -3.65. The van der Waals surface area contributed by atoms with Gasteiger partial charge in [-0.2, -0.15) is 10.2 Å². The fraction of sp³-hybridized carbons (Fsp3) is 0.240. The number of hydrogen-bond acceptors (Lipinski definition) is 4. The van der Waals surface area contributed by atoms with E-state index in [-0.39, 0.29) is 23.7 Å². The SMILES string of the molecule is CC(C)(C)c1ccc(OCn2ccc(C(=O)Nc3cnn(Cc4ccc(F)cc4Cl)c3)n2)cc1. The Bertz CT molecular complexity index is 1290. The van der Waals surface area contributed by atoms with Gasteiger partial charge < -0.3 is 10.1 Å². The van der Waals surface area contributed by atoms with Crippen molar-refractivity contribution in [1.29, 1.82) is 0 Å². The molecule has 9 heteroatoms. The molecule has 0 unspecified atom stereocenters. The number of hydrogen-bond donors (Lipinski definition) is 1. The number of ether oxygens (including phenoxy) is 1. The molecule has 2 heterocycles. The summed E-state index contributed by atoms with van der Waals surface area (Å²) in [6.07, 6.45) is 4.87. The third-order valence-electron chi connectivity index (χ3n) is 5.20. The summed E-state index contributed by atoms with van der Waals surface area (Å²) in [5.74, 6) is -0.0405. The van der Waals surface area contributed by atoms with E-state index in [9.17, 15) is 9.18 Å². The number of anilines is 1. The Morgan fingerprint density at radius 2 is 1.88 bits per heavy atom. The van der Waals surface area contributed by atoms with Crippen LogP contribution in [0.4, 0.5) is 10.1 Å². The maximum Gasteiger partial charge on any atom is 0.276 e. The molecule has 4 aromatic rings. The van der Waals surface area contributed by atoms with Crippen molar-refractivity contribution in [3.05, 3.63) is 94.8 Å². The fourth-order valence-electron chi connectivity index (χ4n) is 3.28. The Kier molecular flexibility index (Phi) is 6.70. The Morgan fingerprint density at radius 1 is 1.12 bits per heavy atom. The van der Waals surface area contributed by atoms with Crippen LogP contribution in [0.25, 0.3) is 0 Å². The van der Waals surface area contributed by atoms with Crippen LogP contribution in [0.3, 0.4) is 0 Å². The van der Waals surface area contributed by atoms with Gasteiger partial charge in [-0.1, -0.05) is 50.6 Å². The first kappa shape index (κ1) is 23.5. The average molecular weight is 482 g/mol. The molecule has 0 fully saturated rings. The van der Waals surface area contributed by atoms with Crippen molar-refractivity contribution < 1.29 is 13.9 Å². The maximum absolute atomic E-state index is 13.2. The van der Waals surface area contributed by atoms with Crippen LogP contribution in [0.2, 0.25) is 5.02 Å². The first-order valence-electron chi connectivity index (χ1n) is 10.7. The van der Waals surface area contributed by atoms with Crippen molar-refractivity contribution in [3.8, 4) is 5.75 Å². The number of carbonyl (C=O) groups is 1. The lowest BCUT2D eigenvalue weighted by atomic mass is 9.87. The summed E-state index contributed by atoms with van der Waals surface area (Å²) in [6, 6.07) is 13.7. The van der Waals surface area contributed by atoms with Crippen LogP contribution in [0.15, 0.2) is 67.1 Å². The summed E-state index contributed by atoms with van der Waals surface area (Å²) >= 11 is 6.07. The van der Waals surface area contributed by atoms with E-state index in [1.165, 1.54) is 23.9 Å². The molecule has 0 saturated heterocycles. The zero-order chi connectivity index (χ0) is 24.3. The Balaban J connectivity index is 1.32. The lowest BCUT2D eigenvalue weighted by molar-refractivity contribution is 0.102. The number of rotatable bonds is 7. The van der Waals surface area contributed by atoms with Gasteiger partial charge in [0.25, 0.3) is 5.91 Å². The number of halogens is 2. The molecule has 0 radical (unpaired) electrons. The molecule has 34 heavy (non-hydrogen) atoms. The molecular weight excluding hydrogens is 457 g/mol. The highest BCUT2D eigenvalue weighted by Crippen LogP contribution is 2.24. The second kappa shape index (κ2) is 9.69. The van der Waals surface area contributed by atoms with E-state index in [1.54, 1.807) is 33.9 Å². The van der Waals surface area contributed by atoms with Crippen LogP contribution in [-0.4, -0.2) is 25.5 Å². The maximum atomic E-state index is 13.2. The highest BCUT2D eigenvalue weighted by molar-refractivity contribution is 6.31. The van der Waals surface area contributed by atoms with Crippen LogP contribution in [-0.2, 0) is 18.7 Å². The fourth-order valence-corrected chi connectivity index (χ4v) is 3.51.